The van der Waals surface area contributed by atoms with Gasteiger partial charge in [0, 0.05) is 64.0 Å². The van der Waals surface area contributed by atoms with Crippen molar-refractivity contribution in [2.45, 2.75) is 53.2 Å². The number of rotatable bonds is 8. The second-order valence-electron chi connectivity index (χ2n) is 9.96. The lowest BCUT2D eigenvalue weighted by Crippen LogP contribution is -2.44. The van der Waals surface area contributed by atoms with Crippen molar-refractivity contribution in [3.05, 3.63) is 59.2 Å². The number of anilines is 1. The molecule has 7 heteroatoms. The summed E-state index contributed by atoms with van der Waals surface area (Å²) in [4.78, 5) is 31.0. The van der Waals surface area contributed by atoms with Crippen LogP contribution in [0, 0.1) is 5.92 Å². The molecule has 2 aliphatic rings. The number of fused-ring (bicyclic) bond motifs is 1. The van der Waals surface area contributed by atoms with Gasteiger partial charge in [0.1, 0.15) is 12.4 Å². The first-order valence-electron chi connectivity index (χ1n) is 13.3. The minimum Gasteiger partial charge on any atom is -0.492 e. The zero-order chi connectivity index (χ0) is 25.5. The lowest BCUT2D eigenvalue weighted by atomic mass is 9.95. The quantitative estimate of drug-likeness (QED) is 0.601. The molecule has 7 nitrogen and oxygen atoms in total. The number of carbonyl (C=O) groups is 2. The normalized spacial score (nSPS) is 18.6. The molecule has 194 valence electrons. The minimum atomic E-state index is -0.0598. The van der Waals surface area contributed by atoms with Crippen molar-refractivity contribution in [3.63, 3.8) is 0 Å². The van der Waals surface area contributed by atoms with Gasteiger partial charge in [-0.2, -0.15) is 0 Å². The molecule has 1 saturated heterocycles. The van der Waals surface area contributed by atoms with Gasteiger partial charge in [0.15, 0.2) is 0 Å². The van der Waals surface area contributed by atoms with Crippen LogP contribution in [0.5, 0.6) is 5.75 Å². The van der Waals surface area contributed by atoms with Crippen LogP contribution in [0.3, 0.4) is 0 Å². The predicted octanol–water partition coefficient (Wildman–Crippen LogP) is 4.12. The van der Waals surface area contributed by atoms with Crippen molar-refractivity contribution in [2.75, 3.05) is 44.6 Å². The molecule has 4 rings (SSSR count). The van der Waals surface area contributed by atoms with Gasteiger partial charge in [0.2, 0.25) is 11.8 Å². The Hall–Kier alpha value is -2.90. The average molecular weight is 493 g/mol. The second-order valence-corrected chi connectivity index (χ2v) is 9.96. The molecule has 36 heavy (non-hydrogen) atoms. The van der Waals surface area contributed by atoms with Gasteiger partial charge in [0.25, 0.3) is 0 Å². The van der Waals surface area contributed by atoms with Crippen LogP contribution < -0.4 is 10.1 Å². The van der Waals surface area contributed by atoms with Crippen LogP contribution in [-0.2, 0) is 29.2 Å². The van der Waals surface area contributed by atoms with E-state index in [1.807, 2.05) is 17.0 Å². The maximum Gasteiger partial charge on any atom is 0.226 e. The molecule has 0 aliphatic carbocycles. The Labute approximate surface area is 215 Å². The van der Waals surface area contributed by atoms with Gasteiger partial charge in [-0.15, -0.1) is 0 Å². The Bertz CT molecular complexity index is 1040. The average Bonchev–Trinajstić information content (AvgIpc) is 3.07. The number of hydrogen-bond donors (Lipinski definition) is 1. The first-order chi connectivity index (χ1) is 17.4. The van der Waals surface area contributed by atoms with E-state index >= 15 is 0 Å². The molecule has 0 bridgehead atoms. The summed E-state index contributed by atoms with van der Waals surface area (Å²) in [5.41, 5.74) is 4.52. The Morgan fingerprint density at radius 2 is 1.72 bits per heavy atom. The first kappa shape index (κ1) is 26.2. The summed E-state index contributed by atoms with van der Waals surface area (Å²) < 4.78 is 6.07. The molecule has 0 spiro atoms. The van der Waals surface area contributed by atoms with Crippen LogP contribution in [0.4, 0.5) is 5.69 Å². The highest BCUT2D eigenvalue weighted by Gasteiger charge is 2.28. The molecule has 1 N–H and O–H groups in total. The van der Waals surface area contributed by atoms with E-state index in [0.717, 1.165) is 76.6 Å². The van der Waals surface area contributed by atoms with Crippen LogP contribution in [0.25, 0.3) is 0 Å². The van der Waals surface area contributed by atoms with Crippen molar-refractivity contribution < 1.29 is 14.3 Å². The van der Waals surface area contributed by atoms with Gasteiger partial charge >= 0.3 is 0 Å². The first-order valence-corrected chi connectivity index (χ1v) is 13.3. The van der Waals surface area contributed by atoms with E-state index in [0.29, 0.717) is 12.5 Å². The number of likely N-dealkylation sites (tertiary alicyclic amines) is 1. The maximum absolute atomic E-state index is 12.9. The number of nitrogens with one attached hydrogen (secondary N) is 1. The summed E-state index contributed by atoms with van der Waals surface area (Å²) in [6.45, 7) is 13.1. The van der Waals surface area contributed by atoms with Gasteiger partial charge in [-0.25, -0.2) is 0 Å². The largest absolute Gasteiger partial charge is 0.492 e. The summed E-state index contributed by atoms with van der Waals surface area (Å²) in [7, 11) is 0. The van der Waals surface area contributed by atoms with E-state index < -0.39 is 0 Å². The molecule has 2 aliphatic heterocycles. The SMILES string of the molecule is CCN(CC)C(=O)[C@@H]1CCCN(Cc2ccc3c(c2)CN(Cc2ccc(NC(C)=O)cc2)CCO3)C1. The van der Waals surface area contributed by atoms with E-state index in [4.69, 9.17) is 4.74 Å². The Balaban J connectivity index is 1.38. The highest BCUT2D eigenvalue weighted by Crippen LogP contribution is 2.27. The lowest BCUT2D eigenvalue weighted by molar-refractivity contribution is -0.137. The van der Waals surface area contributed by atoms with E-state index in [2.05, 4.69) is 59.3 Å². The van der Waals surface area contributed by atoms with Crippen molar-refractivity contribution in [2.24, 2.45) is 5.92 Å². The van der Waals surface area contributed by atoms with E-state index in [9.17, 15) is 9.59 Å². The van der Waals surface area contributed by atoms with Crippen LogP contribution in [0.15, 0.2) is 42.5 Å². The third-order valence-electron chi connectivity index (χ3n) is 7.20. The van der Waals surface area contributed by atoms with Crippen molar-refractivity contribution in [3.8, 4) is 5.75 Å². The van der Waals surface area contributed by atoms with Gasteiger partial charge < -0.3 is 15.0 Å². The highest BCUT2D eigenvalue weighted by molar-refractivity contribution is 5.88. The zero-order valence-corrected chi connectivity index (χ0v) is 22.0. The third kappa shape index (κ3) is 6.86. The smallest absolute Gasteiger partial charge is 0.226 e. The molecule has 0 radical (unpaired) electrons. The maximum atomic E-state index is 12.9. The fourth-order valence-corrected chi connectivity index (χ4v) is 5.34. The van der Waals surface area contributed by atoms with Crippen LogP contribution >= 0.6 is 0 Å². The van der Waals surface area contributed by atoms with Crippen molar-refractivity contribution >= 4 is 17.5 Å². The molecular formula is C29H40N4O3. The highest BCUT2D eigenvalue weighted by atomic mass is 16.5. The monoisotopic (exact) mass is 492 g/mol. The lowest BCUT2D eigenvalue weighted by Gasteiger charge is -2.34. The number of carbonyl (C=O) groups excluding carboxylic acids is 2. The number of amides is 2. The standard InChI is InChI=1S/C29H40N4O3/c1-4-33(5-2)29(35)25-7-6-14-31(20-25)19-24-10-13-28-26(17-24)21-32(15-16-36-28)18-23-8-11-27(12-9-23)30-22(3)34/h8-13,17,25H,4-7,14-16,18-21H2,1-3H3,(H,30,34)/t25-/m1/s1. The molecule has 2 amide bonds. The summed E-state index contributed by atoms with van der Waals surface area (Å²) in [6, 6.07) is 14.6. The molecule has 0 aromatic heterocycles. The summed E-state index contributed by atoms with van der Waals surface area (Å²) in [5, 5.41) is 2.82. The van der Waals surface area contributed by atoms with Crippen LogP contribution in [0.1, 0.15) is 50.3 Å². The number of ether oxygens (including phenoxy) is 1. The summed E-state index contributed by atoms with van der Waals surface area (Å²) >= 11 is 0. The zero-order valence-electron chi connectivity index (χ0n) is 22.0. The van der Waals surface area contributed by atoms with Gasteiger partial charge in [-0.05, 0) is 68.6 Å². The summed E-state index contributed by atoms with van der Waals surface area (Å²) in [6.07, 6.45) is 2.06. The molecule has 2 aromatic carbocycles. The predicted molar refractivity (Wildman–Crippen MR) is 143 cm³/mol. The number of nitrogens with zero attached hydrogens (tertiary/aromatic N) is 3. The molecule has 2 aromatic rings. The molecular weight excluding hydrogens is 452 g/mol. The molecule has 1 atom stereocenters. The number of piperidine rings is 1. The van der Waals surface area contributed by atoms with Crippen LogP contribution in [-0.4, -0.2) is 65.8 Å². The molecule has 0 unspecified atom stereocenters. The molecule has 2 heterocycles. The van der Waals surface area contributed by atoms with Gasteiger partial charge in [-0.1, -0.05) is 18.2 Å². The van der Waals surface area contributed by atoms with E-state index in [1.54, 1.807) is 0 Å². The Kier molecular flexibility index (Phi) is 8.99. The van der Waals surface area contributed by atoms with Crippen molar-refractivity contribution in [1.82, 2.24) is 14.7 Å². The topological polar surface area (TPSA) is 65.1 Å². The van der Waals surface area contributed by atoms with E-state index in [-0.39, 0.29) is 11.8 Å². The van der Waals surface area contributed by atoms with Crippen molar-refractivity contribution in [1.29, 1.82) is 0 Å². The second kappa shape index (κ2) is 12.4. The Morgan fingerprint density at radius 1 is 1.00 bits per heavy atom. The molecule has 1 fully saturated rings. The van der Waals surface area contributed by atoms with Gasteiger partial charge in [0.05, 0.1) is 5.92 Å². The third-order valence-corrected chi connectivity index (χ3v) is 7.20. The van der Waals surface area contributed by atoms with Crippen LogP contribution in [0.2, 0.25) is 0 Å². The fourth-order valence-electron chi connectivity index (χ4n) is 5.34. The number of hydrogen-bond acceptors (Lipinski definition) is 5. The Morgan fingerprint density at radius 3 is 2.44 bits per heavy atom. The fraction of sp³-hybridized carbons (Fsp3) is 0.517. The van der Waals surface area contributed by atoms with E-state index in [1.165, 1.54) is 23.6 Å². The molecule has 0 saturated carbocycles. The summed E-state index contributed by atoms with van der Waals surface area (Å²) in [5.74, 6) is 1.32. The minimum absolute atomic E-state index is 0.0598. The van der Waals surface area contributed by atoms with Gasteiger partial charge in [-0.3, -0.25) is 19.4 Å². The number of benzene rings is 2.